The highest BCUT2D eigenvalue weighted by atomic mass is 16.6. The molecule has 2 aromatic rings. The van der Waals surface area contributed by atoms with Gasteiger partial charge in [-0.05, 0) is 57.8 Å². The second-order valence-electron chi connectivity index (χ2n) is 6.76. The van der Waals surface area contributed by atoms with E-state index in [2.05, 4.69) is 16.3 Å². The highest BCUT2D eigenvalue weighted by molar-refractivity contribution is 5.91. The van der Waals surface area contributed by atoms with Gasteiger partial charge in [0, 0.05) is 18.7 Å². The minimum absolute atomic E-state index is 0.0278. The fourth-order valence-electron chi connectivity index (χ4n) is 3.30. The first-order valence-corrected chi connectivity index (χ1v) is 8.73. The third kappa shape index (κ3) is 4.32. The Hall–Kier alpha value is -2.61. The number of nitrogens with zero attached hydrogens (tertiary/aromatic N) is 2. The van der Waals surface area contributed by atoms with Gasteiger partial charge < -0.3 is 14.2 Å². The zero-order valence-corrected chi connectivity index (χ0v) is 15.0. The Morgan fingerprint density at radius 3 is 2.62 bits per heavy atom. The van der Waals surface area contributed by atoms with Crippen LogP contribution in [-0.4, -0.2) is 35.4 Å². The van der Waals surface area contributed by atoms with Gasteiger partial charge in [0.25, 0.3) is 5.91 Å². The summed E-state index contributed by atoms with van der Waals surface area (Å²) >= 11 is 0. The van der Waals surface area contributed by atoms with Crippen molar-refractivity contribution in [3.63, 3.8) is 0 Å². The van der Waals surface area contributed by atoms with E-state index in [1.807, 2.05) is 13.8 Å². The topological polar surface area (TPSA) is 102 Å². The Morgan fingerprint density at radius 1 is 1.31 bits per heavy atom. The van der Waals surface area contributed by atoms with E-state index in [9.17, 15) is 14.9 Å². The largest absolute Gasteiger partial charge is 0.466 e. The summed E-state index contributed by atoms with van der Waals surface area (Å²) in [4.78, 5) is 24.4. The van der Waals surface area contributed by atoms with Crippen LogP contribution in [0.3, 0.4) is 0 Å². The van der Waals surface area contributed by atoms with Gasteiger partial charge in [0.05, 0.1) is 6.07 Å². The summed E-state index contributed by atoms with van der Waals surface area (Å²) in [6.07, 6.45) is 1.99. The molecule has 0 aromatic carbocycles. The Balaban J connectivity index is 1.43. The van der Waals surface area contributed by atoms with Gasteiger partial charge in [-0.1, -0.05) is 0 Å². The van der Waals surface area contributed by atoms with Crippen LogP contribution in [0.4, 0.5) is 5.88 Å². The lowest BCUT2D eigenvalue weighted by molar-refractivity contribution is -0.402. The Kier molecular flexibility index (Phi) is 5.41. The van der Waals surface area contributed by atoms with Gasteiger partial charge in [0.2, 0.25) is 0 Å². The number of hydrogen-bond acceptors (Lipinski definition) is 6. The molecule has 0 spiro atoms. The van der Waals surface area contributed by atoms with Crippen molar-refractivity contribution in [2.75, 3.05) is 19.6 Å². The normalized spacial score (nSPS) is 15.9. The maximum atomic E-state index is 12.0. The molecule has 26 heavy (non-hydrogen) atoms. The molecule has 0 bridgehead atoms. The third-order valence-electron chi connectivity index (χ3n) is 4.79. The van der Waals surface area contributed by atoms with Crippen LogP contribution in [0.5, 0.6) is 0 Å². The molecule has 3 heterocycles. The molecule has 1 amide bonds. The smallest absolute Gasteiger partial charge is 0.433 e. The lowest BCUT2D eigenvalue weighted by Gasteiger charge is -2.31. The van der Waals surface area contributed by atoms with Gasteiger partial charge in [-0.25, -0.2) is 0 Å². The molecule has 0 unspecified atom stereocenters. The first-order valence-electron chi connectivity index (χ1n) is 8.73. The molecule has 0 aliphatic carbocycles. The Bertz CT molecular complexity index is 787. The van der Waals surface area contributed by atoms with Crippen LogP contribution >= 0.6 is 0 Å². The number of furan rings is 2. The molecule has 1 aliphatic rings. The van der Waals surface area contributed by atoms with Crippen molar-refractivity contribution < 1.29 is 18.6 Å². The summed E-state index contributed by atoms with van der Waals surface area (Å²) in [6, 6.07) is 4.60. The van der Waals surface area contributed by atoms with Crippen LogP contribution in [-0.2, 0) is 6.54 Å². The molecule has 2 aromatic heterocycles. The molecule has 0 saturated carbocycles. The van der Waals surface area contributed by atoms with Crippen molar-refractivity contribution in [2.45, 2.75) is 33.2 Å². The van der Waals surface area contributed by atoms with E-state index >= 15 is 0 Å². The van der Waals surface area contributed by atoms with Crippen molar-refractivity contribution in [1.82, 2.24) is 10.2 Å². The van der Waals surface area contributed by atoms with E-state index in [1.54, 1.807) is 0 Å². The van der Waals surface area contributed by atoms with Crippen LogP contribution in [0, 0.1) is 29.9 Å². The molecule has 3 rings (SSSR count). The van der Waals surface area contributed by atoms with Gasteiger partial charge in [-0.15, -0.1) is 0 Å². The van der Waals surface area contributed by atoms with E-state index in [4.69, 9.17) is 8.83 Å². The third-order valence-corrected chi connectivity index (χ3v) is 4.79. The number of aryl methyl sites for hydroxylation is 2. The number of rotatable bonds is 6. The van der Waals surface area contributed by atoms with Crippen LogP contribution in [0.25, 0.3) is 0 Å². The lowest BCUT2D eigenvalue weighted by Crippen LogP contribution is -2.38. The molecule has 1 N–H and O–H groups in total. The summed E-state index contributed by atoms with van der Waals surface area (Å²) in [5, 5.41) is 13.4. The number of likely N-dealkylation sites (tertiary alicyclic amines) is 1. The summed E-state index contributed by atoms with van der Waals surface area (Å²) in [5.74, 6) is 1.45. The highest BCUT2D eigenvalue weighted by Gasteiger charge is 2.22. The first kappa shape index (κ1) is 18.2. The summed E-state index contributed by atoms with van der Waals surface area (Å²) in [7, 11) is 0. The zero-order valence-electron chi connectivity index (χ0n) is 15.0. The fraction of sp³-hybridized carbons (Fsp3) is 0.500. The molecular formula is C18H23N3O5. The van der Waals surface area contributed by atoms with Gasteiger partial charge in [0.1, 0.15) is 16.4 Å². The predicted molar refractivity (Wildman–Crippen MR) is 93.9 cm³/mol. The molecule has 1 aliphatic heterocycles. The van der Waals surface area contributed by atoms with E-state index in [-0.39, 0.29) is 5.76 Å². The monoisotopic (exact) mass is 361 g/mol. The van der Waals surface area contributed by atoms with Crippen LogP contribution in [0.15, 0.2) is 27.0 Å². The molecule has 0 atom stereocenters. The number of piperidine rings is 1. The van der Waals surface area contributed by atoms with Gasteiger partial charge >= 0.3 is 5.88 Å². The van der Waals surface area contributed by atoms with Crippen molar-refractivity contribution >= 4 is 11.8 Å². The summed E-state index contributed by atoms with van der Waals surface area (Å²) in [6.45, 7) is 7.32. The first-order chi connectivity index (χ1) is 12.4. The molecule has 8 nitrogen and oxygen atoms in total. The minimum atomic E-state index is -0.657. The SMILES string of the molecule is Cc1cc(CN2CCC(CNC(=O)c3ccc([N+](=O)[O-])o3)CC2)c(C)o1. The standard InChI is InChI=1S/C18H23N3O5/c1-12-9-15(13(2)25-12)11-20-7-5-14(6-8-20)10-19-18(22)16-3-4-17(26-16)21(23)24/h3-4,9,14H,5-8,10-11H2,1-2H3,(H,19,22). The van der Waals surface area contributed by atoms with Crippen LogP contribution < -0.4 is 5.32 Å². The summed E-state index contributed by atoms with van der Waals surface area (Å²) in [5.41, 5.74) is 1.23. The van der Waals surface area contributed by atoms with Crippen LogP contribution in [0.1, 0.15) is 40.5 Å². The quantitative estimate of drug-likeness (QED) is 0.627. The average Bonchev–Trinajstić information content (AvgIpc) is 3.21. The number of carbonyl (C=O) groups is 1. The zero-order chi connectivity index (χ0) is 18.7. The van der Waals surface area contributed by atoms with Crippen molar-refractivity contribution in [3.8, 4) is 0 Å². The van der Waals surface area contributed by atoms with E-state index in [0.29, 0.717) is 12.5 Å². The number of amides is 1. The van der Waals surface area contributed by atoms with E-state index in [0.717, 1.165) is 44.0 Å². The maximum Gasteiger partial charge on any atom is 0.433 e. The minimum Gasteiger partial charge on any atom is -0.466 e. The van der Waals surface area contributed by atoms with E-state index < -0.39 is 16.7 Å². The lowest BCUT2D eigenvalue weighted by atomic mass is 9.96. The average molecular weight is 361 g/mol. The number of nitro groups is 1. The molecule has 1 fully saturated rings. The second-order valence-corrected chi connectivity index (χ2v) is 6.76. The molecule has 0 radical (unpaired) electrons. The molecule has 1 saturated heterocycles. The second kappa shape index (κ2) is 7.74. The van der Waals surface area contributed by atoms with Gasteiger partial charge in [-0.2, -0.15) is 0 Å². The van der Waals surface area contributed by atoms with Gasteiger partial charge in [-0.3, -0.25) is 19.8 Å². The van der Waals surface area contributed by atoms with Crippen LogP contribution in [0.2, 0.25) is 0 Å². The molecule has 140 valence electrons. The summed E-state index contributed by atoms with van der Waals surface area (Å²) < 4.78 is 10.5. The molecule has 8 heteroatoms. The number of hydrogen-bond donors (Lipinski definition) is 1. The maximum absolute atomic E-state index is 12.0. The predicted octanol–water partition coefficient (Wildman–Crippen LogP) is 3.04. The Morgan fingerprint density at radius 2 is 2.04 bits per heavy atom. The highest BCUT2D eigenvalue weighted by Crippen LogP contribution is 2.22. The van der Waals surface area contributed by atoms with Crippen molar-refractivity contribution in [3.05, 3.63) is 51.2 Å². The number of nitrogens with one attached hydrogen (secondary N) is 1. The Labute approximate surface area is 151 Å². The van der Waals surface area contributed by atoms with Gasteiger partial charge in [0.15, 0.2) is 5.76 Å². The molecular weight excluding hydrogens is 338 g/mol. The van der Waals surface area contributed by atoms with E-state index in [1.165, 1.54) is 17.7 Å². The fourth-order valence-corrected chi connectivity index (χ4v) is 3.30. The number of carbonyl (C=O) groups excluding carboxylic acids is 1. The van der Waals surface area contributed by atoms with Crippen molar-refractivity contribution in [2.24, 2.45) is 5.92 Å². The van der Waals surface area contributed by atoms with Crippen molar-refractivity contribution in [1.29, 1.82) is 0 Å².